The molecule has 0 radical (unpaired) electrons. The van der Waals surface area contributed by atoms with Gasteiger partial charge in [0.25, 0.3) is 0 Å². The van der Waals surface area contributed by atoms with Gasteiger partial charge in [-0.2, -0.15) is 5.10 Å². The Morgan fingerprint density at radius 1 is 1.13 bits per heavy atom. The van der Waals surface area contributed by atoms with Crippen LogP contribution in [0.2, 0.25) is 0 Å². The average Bonchev–Trinajstić information content (AvgIpc) is 3.28. The van der Waals surface area contributed by atoms with Crippen molar-refractivity contribution in [2.75, 3.05) is 19.7 Å². The summed E-state index contributed by atoms with van der Waals surface area (Å²) in [5.74, 6) is 0. The number of rotatable bonds is 6. The SMILES string of the molecule is c1ccc(-c2[nH]ncc2CN2CCO[C@@]3(CCCC[C@H]3NCc3cccnc3)C2)cc1. The number of ether oxygens (including phenoxy) is 1. The van der Waals surface area contributed by atoms with Gasteiger partial charge in [-0.05, 0) is 30.0 Å². The molecule has 1 aliphatic carbocycles. The van der Waals surface area contributed by atoms with E-state index in [1.165, 1.54) is 29.5 Å². The zero-order valence-electron chi connectivity index (χ0n) is 18.0. The van der Waals surface area contributed by atoms with Crippen LogP contribution in [0.15, 0.2) is 61.1 Å². The van der Waals surface area contributed by atoms with Gasteiger partial charge in [0, 0.05) is 50.2 Å². The molecule has 5 rings (SSSR count). The predicted molar refractivity (Wildman–Crippen MR) is 121 cm³/mol. The number of aromatic amines is 1. The zero-order chi connectivity index (χ0) is 20.9. The second kappa shape index (κ2) is 9.30. The highest BCUT2D eigenvalue weighted by molar-refractivity contribution is 5.62. The Kier molecular flexibility index (Phi) is 6.11. The minimum absolute atomic E-state index is 0.116. The van der Waals surface area contributed by atoms with Crippen LogP contribution in [0.5, 0.6) is 0 Å². The number of nitrogens with one attached hydrogen (secondary N) is 2. The van der Waals surface area contributed by atoms with Crippen LogP contribution in [-0.2, 0) is 17.8 Å². The van der Waals surface area contributed by atoms with Crippen LogP contribution in [0.4, 0.5) is 0 Å². The normalized spacial score (nSPS) is 24.5. The minimum atomic E-state index is -0.116. The van der Waals surface area contributed by atoms with Crippen molar-refractivity contribution in [3.05, 3.63) is 72.2 Å². The van der Waals surface area contributed by atoms with E-state index < -0.39 is 0 Å². The molecule has 1 spiro atoms. The van der Waals surface area contributed by atoms with Gasteiger partial charge in [0.2, 0.25) is 0 Å². The molecule has 1 saturated carbocycles. The number of aromatic nitrogens is 3. The molecule has 0 unspecified atom stereocenters. The molecule has 162 valence electrons. The largest absolute Gasteiger partial charge is 0.371 e. The number of hydrogen-bond acceptors (Lipinski definition) is 5. The first-order chi connectivity index (χ1) is 15.3. The predicted octanol–water partition coefficient (Wildman–Crippen LogP) is 3.78. The lowest BCUT2D eigenvalue weighted by molar-refractivity contribution is -0.145. The van der Waals surface area contributed by atoms with E-state index in [-0.39, 0.29) is 5.60 Å². The fourth-order valence-corrected chi connectivity index (χ4v) is 5.15. The minimum Gasteiger partial charge on any atom is -0.371 e. The Balaban J connectivity index is 1.29. The summed E-state index contributed by atoms with van der Waals surface area (Å²) in [7, 11) is 0. The highest BCUT2D eigenvalue weighted by Gasteiger charge is 2.45. The molecule has 0 bridgehead atoms. The van der Waals surface area contributed by atoms with E-state index in [2.05, 4.69) is 55.7 Å². The van der Waals surface area contributed by atoms with Crippen LogP contribution in [0.1, 0.15) is 36.8 Å². The van der Waals surface area contributed by atoms with E-state index in [0.717, 1.165) is 51.3 Å². The van der Waals surface area contributed by atoms with Gasteiger partial charge in [0.05, 0.1) is 24.1 Å². The van der Waals surface area contributed by atoms with Gasteiger partial charge >= 0.3 is 0 Å². The van der Waals surface area contributed by atoms with Crippen molar-refractivity contribution in [3.8, 4) is 11.3 Å². The maximum absolute atomic E-state index is 6.53. The van der Waals surface area contributed by atoms with E-state index in [1.807, 2.05) is 30.7 Å². The molecule has 2 N–H and O–H groups in total. The highest BCUT2D eigenvalue weighted by Crippen LogP contribution is 2.36. The Bertz CT molecular complexity index is 956. The summed E-state index contributed by atoms with van der Waals surface area (Å²) in [6.45, 7) is 4.42. The summed E-state index contributed by atoms with van der Waals surface area (Å²) in [5, 5.41) is 11.4. The topological polar surface area (TPSA) is 66.1 Å². The summed E-state index contributed by atoms with van der Waals surface area (Å²) in [4.78, 5) is 6.80. The summed E-state index contributed by atoms with van der Waals surface area (Å²) in [5.41, 5.74) is 4.67. The van der Waals surface area contributed by atoms with Crippen molar-refractivity contribution in [3.63, 3.8) is 0 Å². The van der Waals surface area contributed by atoms with Crippen LogP contribution in [0.3, 0.4) is 0 Å². The van der Waals surface area contributed by atoms with Gasteiger partial charge in [0.1, 0.15) is 0 Å². The Hall–Kier alpha value is -2.54. The van der Waals surface area contributed by atoms with Crippen molar-refractivity contribution < 1.29 is 4.74 Å². The first-order valence-electron chi connectivity index (χ1n) is 11.4. The molecule has 2 aromatic heterocycles. The molecule has 3 heterocycles. The van der Waals surface area contributed by atoms with E-state index in [0.29, 0.717) is 6.04 Å². The third-order valence-electron chi connectivity index (χ3n) is 6.72. The van der Waals surface area contributed by atoms with Crippen molar-refractivity contribution in [2.45, 2.75) is 50.4 Å². The second-order valence-corrected chi connectivity index (χ2v) is 8.80. The van der Waals surface area contributed by atoms with Gasteiger partial charge in [-0.15, -0.1) is 0 Å². The fraction of sp³-hybridized carbons (Fsp3) is 0.440. The molecular formula is C25H31N5O. The molecule has 1 aromatic carbocycles. The smallest absolute Gasteiger partial charge is 0.0961 e. The summed E-state index contributed by atoms with van der Waals surface area (Å²) in [6.07, 6.45) is 10.5. The van der Waals surface area contributed by atoms with Gasteiger partial charge in [-0.1, -0.05) is 49.2 Å². The van der Waals surface area contributed by atoms with E-state index in [9.17, 15) is 0 Å². The molecule has 2 aliphatic rings. The number of H-pyrrole nitrogens is 1. The molecule has 3 aromatic rings. The van der Waals surface area contributed by atoms with Crippen LogP contribution in [0.25, 0.3) is 11.3 Å². The molecule has 2 fully saturated rings. The van der Waals surface area contributed by atoms with Crippen LogP contribution in [0, 0.1) is 0 Å². The molecule has 6 heteroatoms. The molecule has 31 heavy (non-hydrogen) atoms. The molecule has 2 atom stereocenters. The number of benzene rings is 1. The number of nitrogens with zero attached hydrogens (tertiary/aromatic N) is 3. The van der Waals surface area contributed by atoms with Crippen LogP contribution < -0.4 is 5.32 Å². The maximum atomic E-state index is 6.53. The molecular weight excluding hydrogens is 386 g/mol. The fourth-order valence-electron chi connectivity index (χ4n) is 5.15. The molecule has 1 saturated heterocycles. The van der Waals surface area contributed by atoms with Crippen LogP contribution >= 0.6 is 0 Å². The number of pyridine rings is 1. The highest BCUT2D eigenvalue weighted by atomic mass is 16.5. The second-order valence-electron chi connectivity index (χ2n) is 8.80. The lowest BCUT2D eigenvalue weighted by atomic mass is 9.78. The first kappa shape index (κ1) is 20.4. The van der Waals surface area contributed by atoms with E-state index in [4.69, 9.17) is 4.74 Å². The van der Waals surface area contributed by atoms with Crippen molar-refractivity contribution in [1.29, 1.82) is 0 Å². The Morgan fingerprint density at radius 3 is 2.94 bits per heavy atom. The van der Waals surface area contributed by atoms with Gasteiger partial charge in [-0.3, -0.25) is 15.0 Å². The standard InChI is InChI=1S/C25H31N5O/c1-2-8-21(9-3-1)24-22(17-28-29-24)18-30-13-14-31-25(19-30)11-5-4-10-23(25)27-16-20-7-6-12-26-15-20/h1-3,6-9,12,15,17,23,27H,4-5,10-11,13-14,16,18-19H2,(H,28,29)/t23-,25+/m1/s1. The lowest BCUT2D eigenvalue weighted by Gasteiger charge is -2.50. The van der Waals surface area contributed by atoms with Crippen molar-refractivity contribution in [1.82, 2.24) is 25.4 Å². The number of hydrogen-bond donors (Lipinski definition) is 2. The Morgan fingerprint density at radius 2 is 2.06 bits per heavy atom. The quantitative estimate of drug-likeness (QED) is 0.639. The van der Waals surface area contributed by atoms with Crippen LogP contribution in [-0.4, -0.2) is 51.4 Å². The van der Waals surface area contributed by atoms with Gasteiger partial charge in [0.15, 0.2) is 0 Å². The van der Waals surface area contributed by atoms with Crippen molar-refractivity contribution >= 4 is 0 Å². The lowest BCUT2D eigenvalue weighted by Crippen LogP contribution is -2.63. The first-order valence-corrected chi connectivity index (χ1v) is 11.4. The van der Waals surface area contributed by atoms with Gasteiger partial charge in [-0.25, -0.2) is 0 Å². The molecule has 1 aliphatic heterocycles. The summed E-state index contributed by atoms with van der Waals surface area (Å²) < 4.78 is 6.53. The Labute approximate surface area is 184 Å². The molecule has 0 amide bonds. The maximum Gasteiger partial charge on any atom is 0.0961 e. The number of morpholine rings is 1. The molecule has 6 nitrogen and oxygen atoms in total. The zero-order valence-corrected chi connectivity index (χ0v) is 18.0. The van der Waals surface area contributed by atoms with Crippen molar-refractivity contribution in [2.24, 2.45) is 0 Å². The monoisotopic (exact) mass is 417 g/mol. The average molecular weight is 418 g/mol. The summed E-state index contributed by atoms with van der Waals surface area (Å²) in [6, 6.07) is 15.0. The third-order valence-corrected chi connectivity index (χ3v) is 6.72. The van der Waals surface area contributed by atoms with Gasteiger partial charge < -0.3 is 10.1 Å². The van der Waals surface area contributed by atoms with E-state index in [1.54, 1.807) is 0 Å². The summed E-state index contributed by atoms with van der Waals surface area (Å²) >= 11 is 0. The van der Waals surface area contributed by atoms with E-state index >= 15 is 0 Å². The third kappa shape index (κ3) is 4.56.